The quantitative estimate of drug-likeness (QED) is 0.432. The number of carbonyl (C=O) groups excluding carboxylic acids is 2. The smallest absolute Gasteiger partial charge is 0.319 e. The number of ether oxygens (including phenoxy) is 1. The molecular formula is C23H20N4O4. The van der Waals surface area contributed by atoms with Crippen molar-refractivity contribution in [3.05, 3.63) is 84.3 Å². The van der Waals surface area contributed by atoms with Gasteiger partial charge in [-0.25, -0.2) is 9.78 Å². The molecule has 0 radical (unpaired) electrons. The van der Waals surface area contributed by atoms with Gasteiger partial charge in [0, 0.05) is 29.4 Å². The molecule has 2 aromatic carbocycles. The van der Waals surface area contributed by atoms with Crippen LogP contribution in [0, 0.1) is 0 Å². The number of furan rings is 1. The first-order valence-electron chi connectivity index (χ1n) is 9.54. The largest absolute Gasteiger partial charge is 0.481 e. The van der Waals surface area contributed by atoms with Crippen molar-refractivity contribution in [3.63, 3.8) is 0 Å². The van der Waals surface area contributed by atoms with Gasteiger partial charge in [0.2, 0.25) is 5.88 Å². The lowest BCUT2D eigenvalue weighted by Crippen LogP contribution is -2.28. The third-order valence-corrected chi connectivity index (χ3v) is 4.51. The van der Waals surface area contributed by atoms with Crippen LogP contribution in [0.1, 0.15) is 16.1 Å². The zero-order valence-corrected chi connectivity index (χ0v) is 16.7. The number of hydrogen-bond donors (Lipinski definition) is 3. The van der Waals surface area contributed by atoms with Crippen molar-refractivity contribution in [1.29, 1.82) is 0 Å². The summed E-state index contributed by atoms with van der Waals surface area (Å²) in [5.74, 6) is 0.428. The second-order valence-corrected chi connectivity index (χ2v) is 6.70. The van der Waals surface area contributed by atoms with E-state index in [-0.39, 0.29) is 17.7 Å². The SMILES string of the molecule is COc1ccc2cc(NC(=O)NCc3cccc(NC(=O)c4ccco4)c3)ccc2n1. The van der Waals surface area contributed by atoms with Crippen LogP contribution in [0.5, 0.6) is 5.88 Å². The molecule has 3 N–H and O–H groups in total. The molecule has 2 heterocycles. The van der Waals surface area contributed by atoms with Crippen LogP contribution in [0.25, 0.3) is 10.9 Å². The summed E-state index contributed by atoms with van der Waals surface area (Å²) in [6, 6.07) is 19.2. The Morgan fingerprint density at radius 3 is 2.65 bits per heavy atom. The Balaban J connectivity index is 1.34. The number of methoxy groups -OCH3 is 1. The Morgan fingerprint density at radius 2 is 1.84 bits per heavy atom. The average Bonchev–Trinajstić information content (AvgIpc) is 3.33. The van der Waals surface area contributed by atoms with Crippen molar-refractivity contribution in [3.8, 4) is 5.88 Å². The van der Waals surface area contributed by atoms with Gasteiger partial charge in [-0.15, -0.1) is 0 Å². The predicted molar refractivity (Wildman–Crippen MR) is 117 cm³/mol. The summed E-state index contributed by atoms with van der Waals surface area (Å²) in [5, 5.41) is 9.26. The zero-order chi connectivity index (χ0) is 21.6. The molecule has 0 aliphatic heterocycles. The van der Waals surface area contributed by atoms with E-state index in [1.807, 2.05) is 24.3 Å². The van der Waals surface area contributed by atoms with Gasteiger partial charge in [0.25, 0.3) is 5.91 Å². The Morgan fingerprint density at radius 1 is 0.968 bits per heavy atom. The molecule has 4 rings (SSSR count). The normalized spacial score (nSPS) is 10.5. The Hall–Kier alpha value is -4.33. The van der Waals surface area contributed by atoms with Gasteiger partial charge in [0.05, 0.1) is 18.9 Å². The molecule has 0 aliphatic carbocycles. The lowest BCUT2D eigenvalue weighted by molar-refractivity contribution is 0.0996. The van der Waals surface area contributed by atoms with E-state index in [4.69, 9.17) is 9.15 Å². The van der Waals surface area contributed by atoms with E-state index in [9.17, 15) is 9.59 Å². The van der Waals surface area contributed by atoms with Crippen LogP contribution in [-0.2, 0) is 6.54 Å². The number of rotatable bonds is 6. The van der Waals surface area contributed by atoms with Gasteiger partial charge in [-0.05, 0) is 54.1 Å². The van der Waals surface area contributed by atoms with Gasteiger partial charge < -0.3 is 25.1 Å². The molecule has 31 heavy (non-hydrogen) atoms. The topological polar surface area (TPSA) is 105 Å². The highest BCUT2D eigenvalue weighted by atomic mass is 16.5. The molecule has 0 bridgehead atoms. The van der Waals surface area contributed by atoms with Crippen molar-refractivity contribution >= 4 is 34.2 Å². The number of fused-ring (bicyclic) bond motifs is 1. The van der Waals surface area contributed by atoms with Gasteiger partial charge in [-0.2, -0.15) is 0 Å². The molecule has 4 aromatic rings. The van der Waals surface area contributed by atoms with Crippen molar-refractivity contribution in [1.82, 2.24) is 10.3 Å². The van der Waals surface area contributed by atoms with Gasteiger partial charge in [-0.1, -0.05) is 12.1 Å². The van der Waals surface area contributed by atoms with E-state index in [1.165, 1.54) is 6.26 Å². The van der Waals surface area contributed by atoms with Crippen molar-refractivity contribution in [2.75, 3.05) is 17.7 Å². The van der Waals surface area contributed by atoms with E-state index in [2.05, 4.69) is 20.9 Å². The van der Waals surface area contributed by atoms with E-state index < -0.39 is 0 Å². The number of benzene rings is 2. The molecule has 0 aliphatic rings. The number of aromatic nitrogens is 1. The number of carbonyl (C=O) groups is 2. The minimum Gasteiger partial charge on any atom is -0.481 e. The van der Waals surface area contributed by atoms with Gasteiger partial charge in [-0.3, -0.25) is 4.79 Å². The van der Waals surface area contributed by atoms with E-state index in [1.54, 1.807) is 49.6 Å². The maximum Gasteiger partial charge on any atom is 0.319 e. The fourth-order valence-corrected chi connectivity index (χ4v) is 3.02. The maximum atomic E-state index is 12.3. The van der Waals surface area contributed by atoms with Crippen LogP contribution < -0.4 is 20.7 Å². The summed E-state index contributed by atoms with van der Waals surface area (Å²) < 4.78 is 10.2. The lowest BCUT2D eigenvalue weighted by atomic mass is 10.2. The minimum absolute atomic E-state index is 0.229. The van der Waals surface area contributed by atoms with Crippen molar-refractivity contribution in [2.45, 2.75) is 6.54 Å². The molecule has 0 saturated carbocycles. The van der Waals surface area contributed by atoms with Crippen LogP contribution >= 0.6 is 0 Å². The van der Waals surface area contributed by atoms with Crippen LogP contribution in [0.15, 0.2) is 77.4 Å². The number of urea groups is 1. The monoisotopic (exact) mass is 416 g/mol. The maximum absolute atomic E-state index is 12.3. The summed E-state index contributed by atoms with van der Waals surface area (Å²) in [5.41, 5.74) is 2.87. The van der Waals surface area contributed by atoms with Crippen LogP contribution in [0.2, 0.25) is 0 Å². The van der Waals surface area contributed by atoms with Crippen LogP contribution in [0.3, 0.4) is 0 Å². The molecule has 3 amide bonds. The van der Waals surface area contributed by atoms with Crippen LogP contribution in [0.4, 0.5) is 16.2 Å². The minimum atomic E-state index is -0.342. The highest BCUT2D eigenvalue weighted by Crippen LogP contribution is 2.20. The summed E-state index contributed by atoms with van der Waals surface area (Å²) in [7, 11) is 1.57. The molecule has 156 valence electrons. The average molecular weight is 416 g/mol. The van der Waals surface area contributed by atoms with Gasteiger partial charge >= 0.3 is 6.03 Å². The second-order valence-electron chi connectivity index (χ2n) is 6.70. The second kappa shape index (κ2) is 9.00. The number of hydrogen-bond acceptors (Lipinski definition) is 5. The fraction of sp³-hybridized carbons (Fsp3) is 0.0870. The summed E-state index contributed by atoms with van der Waals surface area (Å²) in [6.45, 7) is 0.294. The summed E-state index contributed by atoms with van der Waals surface area (Å²) in [6.07, 6.45) is 1.44. The predicted octanol–water partition coefficient (Wildman–Crippen LogP) is 4.41. The van der Waals surface area contributed by atoms with Crippen molar-refractivity contribution in [2.24, 2.45) is 0 Å². The highest BCUT2D eigenvalue weighted by Gasteiger charge is 2.09. The molecule has 0 spiro atoms. The number of amides is 3. The molecule has 0 fully saturated rings. The Bertz CT molecular complexity index is 1220. The Labute approximate surface area is 178 Å². The highest BCUT2D eigenvalue weighted by molar-refractivity contribution is 6.02. The molecule has 0 unspecified atom stereocenters. The summed E-state index contributed by atoms with van der Waals surface area (Å²) in [4.78, 5) is 28.7. The molecule has 8 heteroatoms. The van der Waals surface area contributed by atoms with E-state index >= 15 is 0 Å². The number of nitrogens with one attached hydrogen (secondary N) is 3. The number of anilines is 2. The molecule has 0 atom stereocenters. The number of nitrogens with zero attached hydrogens (tertiary/aromatic N) is 1. The van der Waals surface area contributed by atoms with Gasteiger partial charge in [0.15, 0.2) is 5.76 Å². The number of pyridine rings is 1. The van der Waals surface area contributed by atoms with Crippen LogP contribution in [-0.4, -0.2) is 24.0 Å². The Kier molecular flexibility index (Phi) is 5.79. The van der Waals surface area contributed by atoms with Crippen molar-refractivity contribution < 1.29 is 18.7 Å². The zero-order valence-electron chi connectivity index (χ0n) is 16.7. The first kappa shape index (κ1) is 20.0. The molecule has 8 nitrogen and oxygen atoms in total. The third-order valence-electron chi connectivity index (χ3n) is 4.51. The molecule has 2 aromatic heterocycles. The first-order chi connectivity index (χ1) is 15.1. The van der Waals surface area contributed by atoms with E-state index in [0.29, 0.717) is 23.8 Å². The standard InChI is InChI=1S/C23H20N4O4/c1-30-21-10-7-16-13-18(8-9-19(16)27-21)26-23(29)24-14-15-4-2-5-17(12-15)25-22(28)20-6-3-11-31-20/h2-13H,14H2,1H3,(H,25,28)(H2,24,26,29). The molecule has 0 saturated heterocycles. The fourth-order valence-electron chi connectivity index (χ4n) is 3.02. The van der Waals surface area contributed by atoms with E-state index in [0.717, 1.165) is 16.5 Å². The third kappa shape index (κ3) is 4.99. The molecular weight excluding hydrogens is 396 g/mol. The summed E-state index contributed by atoms with van der Waals surface area (Å²) >= 11 is 0. The lowest BCUT2D eigenvalue weighted by Gasteiger charge is -2.10. The first-order valence-corrected chi connectivity index (χ1v) is 9.54. The van der Waals surface area contributed by atoms with Gasteiger partial charge in [0.1, 0.15) is 0 Å².